The van der Waals surface area contributed by atoms with Crippen molar-refractivity contribution in [1.82, 2.24) is 20.1 Å². The number of carbonyl (C=O) groups excluding carboxylic acids is 1. The van der Waals surface area contributed by atoms with Gasteiger partial charge >= 0.3 is 0 Å². The molecule has 6 nitrogen and oxygen atoms in total. The fourth-order valence-corrected chi connectivity index (χ4v) is 2.49. The van der Waals surface area contributed by atoms with Gasteiger partial charge in [0.25, 0.3) is 11.5 Å². The minimum Gasteiger partial charge on any atom is -0.349 e. The summed E-state index contributed by atoms with van der Waals surface area (Å²) in [6.45, 7) is 4.37. The second-order valence-corrected chi connectivity index (χ2v) is 5.19. The van der Waals surface area contributed by atoms with Crippen molar-refractivity contribution < 1.29 is 4.79 Å². The maximum atomic E-state index is 11.9. The Balaban J connectivity index is 1.93. The van der Waals surface area contributed by atoms with Crippen LogP contribution < -0.4 is 10.9 Å². The van der Waals surface area contributed by atoms with Crippen LogP contribution in [0.2, 0.25) is 0 Å². The Morgan fingerprint density at radius 1 is 1.47 bits per heavy atom. The van der Waals surface area contributed by atoms with Crippen LogP contribution in [0.1, 0.15) is 20.4 Å². The Hall–Kier alpha value is -2.02. The summed E-state index contributed by atoms with van der Waals surface area (Å²) in [4.78, 5) is 28.1. The summed E-state index contributed by atoms with van der Waals surface area (Å²) >= 11 is 1.36. The van der Waals surface area contributed by atoms with Gasteiger partial charge in [-0.15, -0.1) is 11.3 Å². The van der Waals surface area contributed by atoms with E-state index in [0.29, 0.717) is 18.0 Å². The van der Waals surface area contributed by atoms with Crippen LogP contribution in [0.5, 0.6) is 0 Å². The highest BCUT2D eigenvalue weighted by Gasteiger charge is 2.12. The lowest BCUT2D eigenvalue weighted by Gasteiger charge is -2.05. The molecule has 1 amide bonds. The molecule has 0 aliphatic rings. The molecule has 0 atom stereocenters. The number of thiazole rings is 1. The first-order valence-corrected chi connectivity index (χ1v) is 6.64. The summed E-state index contributed by atoms with van der Waals surface area (Å²) in [5.41, 5.74) is 0.552. The first-order chi connectivity index (χ1) is 9.08. The quantitative estimate of drug-likeness (QED) is 0.895. The molecule has 2 aromatic rings. The topological polar surface area (TPSA) is 76.9 Å². The molecule has 0 spiro atoms. The van der Waals surface area contributed by atoms with Gasteiger partial charge in [-0.05, 0) is 19.9 Å². The maximum Gasteiger partial charge on any atom is 0.266 e. The molecular weight excluding hydrogens is 264 g/mol. The van der Waals surface area contributed by atoms with E-state index in [1.165, 1.54) is 22.1 Å². The third kappa shape index (κ3) is 3.25. The van der Waals surface area contributed by atoms with Crippen molar-refractivity contribution in [2.45, 2.75) is 20.4 Å². The zero-order valence-corrected chi connectivity index (χ0v) is 11.5. The van der Waals surface area contributed by atoms with Gasteiger partial charge in [0.15, 0.2) is 0 Å². The van der Waals surface area contributed by atoms with Crippen LogP contribution in [-0.2, 0) is 6.54 Å². The molecule has 0 aliphatic heterocycles. The Bertz CT molecular complexity index is 647. The van der Waals surface area contributed by atoms with Crippen LogP contribution in [0.15, 0.2) is 23.1 Å². The van der Waals surface area contributed by atoms with Crippen LogP contribution in [0.3, 0.4) is 0 Å². The number of amides is 1. The predicted molar refractivity (Wildman–Crippen MR) is 72.4 cm³/mol. The Kier molecular flexibility index (Phi) is 4.06. The van der Waals surface area contributed by atoms with Gasteiger partial charge in [0.2, 0.25) is 0 Å². The third-order valence-electron chi connectivity index (χ3n) is 2.50. The molecule has 0 saturated heterocycles. The van der Waals surface area contributed by atoms with E-state index in [-0.39, 0.29) is 11.5 Å². The molecule has 0 unspecified atom stereocenters. The van der Waals surface area contributed by atoms with Crippen molar-refractivity contribution in [1.29, 1.82) is 0 Å². The van der Waals surface area contributed by atoms with E-state index >= 15 is 0 Å². The average Bonchev–Trinajstić information content (AvgIpc) is 2.71. The van der Waals surface area contributed by atoms with Gasteiger partial charge in [0.1, 0.15) is 4.88 Å². The van der Waals surface area contributed by atoms with Gasteiger partial charge in [-0.2, -0.15) is 5.10 Å². The van der Waals surface area contributed by atoms with E-state index in [9.17, 15) is 9.59 Å². The second kappa shape index (κ2) is 5.75. The number of nitrogens with one attached hydrogen (secondary N) is 1. The lowest BCUT2D eigenvalue weighted by molar-refractivity contribution is 0.0955. The lowest BCUT2D eigenvalue weighted by Crippen LogP contribution is -2.31. The fourth-order valence-electron chi connectivity index (χ4n) is 1.65. The summed E-state index contributed by atoms with van der Waals surface area (Å²) in [6, 6.07) is 3.02. The molecule has 100 valence electrons. The molecule has 2 aromatic heterocycles. The predicted octanol–water partition coefficient (Wildman–Crippen LogP) is 0.747. The molecule has 0 bridgehead atoms. The molecule has 2 rings (SSSR count). The van der Waals surface area contributed by atoms with Crippen molar-refractivity contribution in [2.75, 3.05) is 6.54 Å². The summed E-state index contributed by atoms with van der Waals surface area (Å²) in [7, 11) is 0. The molecule has 0 fully saturated rings. The summed E-state index contributed by atoms with van der Waals surface area (Å²) in [6.07, 6.45) is 1.54. The standard InChI is InChI=1S/C12H14N4O2S/c1-8-11(19-9(2)15-8)12(18)13-6-7-16-10(17)4-3-5-14-16/h3-5H,6-7H2,1-2H3,(H,13,18). The highest BCUT2D eigenvalue weighted by Crippen LogP contribution is 2.16. The van der Waals surface area contributed by atoms with Gasteiger partial charge in [-0.3, -0.25) is 9.59 Å². The summed E-state index contributed by atoms with van der Waals surface area (Å²) in [5, 5.41) is 7.54. The Labute approximate surface area is 114 Å². The molecule has 1 N–H and O–H groups in total. The van der Waals surface area contributed by atoms with Crippen molar-refractivity contribution in [3.05, 3.63) is 44.3 Å². The van der Waals surface area contributed by atoms with E-state index in [1.54, 1.807) is 12.3 Å². The van der Waals surface area contributed by atoms with Crippen molar-refractivity contribution in [2.24, 2.45) is 0 Å². The molecule has 0 radical (unpaired) electrons. The van der Waals surface area contributed by atoms with Gasteiger partial charge in [0.05, 0.1) is 17.2 Å². The van der Waals surface area contributed by atoms with Gasteiger partial charge in [-0.25, -0.2) is 9.67 Å². The van der Waals surface area contributed by atoms with Crippen LogP contribution in [0.25, 0.3) is 0 Å². The van der Waals surface area contributed by atoms with Crippen molar-refractivity contribution in [3.63, 3.8) is 0 Å². The number of rotatable bonds is 4. The van der Waals surface area contributed by atoms with E-state index in [4.69, 9.17) is 0 Å². The van der Waals surface area contributed by atoms with Crippen LogP contribution >= 0.6 is 11.3 Å². The summed E-state index contributed by atoms with van der Waals surface area (Å²) in [5.74, 6) is -0.160. The molecule has 7 heteroatoms. The molecule has 0 saturated carbocycles. The smallest absolute Gasteiger partial charge is 0.266 e. The van der Waals surface area contributed by atoms with Gasteiger partial charge in [-0.1, -0.05) is 0 Å². The molecule has 2 heterocycles. The largest absolute Gasteiger partial charge is 0.349 e. The highest BCUT2D eigenvalue weighted by molar-refractivity contribution is 7.13. The van der Waals surface area contributed by atoms with Crippen molar-refractivity contribution in [3.8, 4) is 0 Å². The number of carbonyl (C=O) groups is 1. The van der Waals surface area contributed by atoms with Crippen LogP contribution in [0, 0.1) is 13.8 Å². The molecular formula is C12H14N4O2S. The van der Waals surface area contributed by atoms with Crippen LogP contribution in [0.4, 0.5) is 0 Å². The van der Waals surface area contributed by atoms with Gasteiger partial charge in [0, 0.05) is 18.8 Å². The molecule has 0 aromatic carbocycles. The van der Waals surface area contributed by atoms with Crippen LogP contribution in [-0.4, -0.2) is 27.2 Å². The first kappa shape index (κ1) is 13.4. The lowest BCUT2D eigenvalue weighted by atomic mass is 10.3. The number of aryl methyl sites for hydroxylation is 2. The third-order valence-corrected chi connectivity index (χ3v) is 3.58. The average molecular weight is 278 g/mol. The summed E-state index contributed by atoms with van der Waals surface area (Å²) < 4.78 is 1.31. The van der Waals surface area contributed by atoms with E-state index in [2.05, 4.69) is 15.4 Å². The zero-order valence-electron chi connectivity index (χ0n) is 10.7. The van der Waals surface area contributed by atoms with E-state index < -0.39 is 0 Å². The zero-order chi connectivity index (χ0) is 13.8. The van der Waals surface area contributed by atoms with Gasteiger partial charge < -0.3 is 5.32 Å². The molecule has 19 heavy (non-hydrogen) atoms. The fraction of sp³-hybridized carbons (Fsp3) is 0.333. The second-order valence-electron chi connectivity index (χ2n) is 3.99. The minimum atomic E-state index is -0.179. The SMILES string of the molecule is Cc1nc(C)c(C(=O)NCCn2ncccc2=O)s1. The minimum absolute atomic E-state index is 0.160. The molecule has 0 aliphatic carbocycles. The number of nitrogens with zero attached hydrogens (tertiary/aromatic N) is 3. The normalized spacial score (nSPS) is 10.4. The van der Waals surface area contributed by atoms with E-state index in [0.717, 1.165) is 10.7 Å². The Morgan fingerprint density at radius 3 is 2.89 bits per heavy atom. The van der Waals surface area contributed by atoms with E-state index in [1.807, 2.05) is 13.8 Å². The Morgan fingerprint density at radius 2 is 2.26 bits per heavy atom. The number of aromatic nitrogens is 3. The highest BCUT2D eigenvalue weighted by atomic mass is 32.1. The maximum absolute atomic E-state index is 11.9. The first-order valence-electron chi connectivity index (χ1n) is 5.82. The number of hydrogen-bond acceptors (Lipinski definition) is 5. The van der Waals surface area contributed by atoms with Crippen molar-refractivity contribution >= 4 is 17.2 Å². The number of hydrogen-bond donors (Lipinski definition) is 1. The monoisotopic (exact) mass is 278 g/mol.